The van der Waals surface area contributed by atoms with Crippen LogP contribution >= 0.6 is 0 Å². The van der Waals surface area contributed by atoms with E-state index in [0.29, 0.717) is 12.8 Å². The molecule has 0 aliphatic heterocycles. The van der Waals surface area contributed by atoms with Crippen LogP contribution in [-0.4, -0.2) is 22.6 Å². The number of carboxylic acid groups (broad SMARTS) is 1. The fourth-order valence-corrected chi connectivity index (χ4v) is 2.71. The third-order valence-electron chi connectivity index (χ3n) is 2.92. The molecule has 0 aliphatic carbocycles. The van der Waals surface area contributed by atoms with Crippen LogP contribution in [-0.2, 0) is 14.3 Å². The highest BCUT2D eigenvalue weighted by Gasteiger charge is 2.44. The largest absolute Gasteiger partial charge is 0.481 e. The summed E-state index contributed by atoms with van der Waals surface area (Å²) in [6, 6.07) is 0. The minimum atomic E-state index is -0.947. The van der Waals surface area contributed by atoms with E-state index in [9.17, 15) is 14.7 Å². The Morgan fingerprint density at radius 1 is 1.00 bits per heavy atom. The van der Waals surface area contributed by atoms with Crippen LogP contribution in [0.2, 0.25) is 0 Å². The van der Waals surface area contributed by atoms with E-state index in [1.807, 2.05) is 27.7 Å². The Hall–Kier alpha value is -1.06. The van der Waals surface area contributed by atoms with Gasteiger partial charge in [0.05, 0.1) is 11.8 Å². The summed E-state index contributed by atoms with van der Waals surface area (Å²) >= 11 is 0. The Labute approximate surface area is 122 Å². The van der Waals surface area contributed by atoms with Gasteiger partial charge in [-0.15, -0.1) is 0 Å². The monoisotopic (exact) mass is 286 g/mol. The van der Waals surface area contributed by atoms with E-state index in [2.05, 4.69) is 0 Å². The molecule has 0 heterocycles. The van der Waals surface area contributed by atoms with Gasteiger partial charge in [0.25, 0.3) is 0 Å². The summed E-state index contributed by atoms with van der Waals surface area (Å²) in [4.78, 5) is 23.8. The number of hydrogen-bond donors (Lipinski definition) is 1. The predicted molar refractivity (Wildman–Crippen MR) is 79.4 cm³/mol. The van der Waals surface area contributed by atoms with Crippen molar-refractivity contribution in [2.24, 2.45) is 17.3 Å². The van der Waals surface area contributed by atoms with Crippen LogP contribution in [0.25, 0.3) is 0 Å². The molecular weight excluding hydrogens is 256 g/mol. The van der Waals surface area contributed by atoms with Gasteiger partial charge < -0.3 is 9.84 Å². The van der Waals surface area contributed by atoms with Crippen LogP contribution in [0.5, 0.6) is 0 Å². The number of carbonyl (C=O) groups is 2. The highest BCUT2D eigenvalue weighted by molar-refractivity contribution is 5.83. The van der Waals surface area contributed by atoms with Crippen LogP contribution in [0.15, 0.2) is 0 Å². The van der Waals surface area contributed by atoms with Gasteiger partial charge in [0.15, 0.2) is 0 Å². The zero-order chi connectivity index (χ0) is 16.1. The summed E-state index contributed by atoms with van der Waals surface area (Å²) < 4.78 is 5.50. The average molecular weight is 286 g/mol. The normalized spacial score (nSPS) is 12.8. The lowest BCUT2D eigenvalue weighted by Crippen LogP contribution is -2.41. The molecular formula is C16H30O4. The summed E-state index contributed by atoms with van der Waals surface area (Å²) in [5.41, 5.74) is -1.53. The third kappa shape index (κ3) is 6.92. The maximum Gasteiger partial charge on any atom is 0.313 e. The number of ether oxygens (including phenoxy) is 1. The van der Waals surface area contributed by atoms with E-state index in [1.165, 1.54) is 0 Å². The van der Waals surface area contributed by atoms with Crippen LogP contribution in [0.4, 0.5) is 0 Å². The predicted octanol–water partition coefficient (Wildman–Crippen LogP) is 3.88. The van der Waals surface area contributed by atoms with Crippen molar-refractivity contribution in [3.63, 3.8) is 0 Å². The molecule has 0 fully saturated rings. The molecule has 0 saturated carbocycles. The molecule has 20 heavy (non-hydrogen) atoms. The van der Waals surface area contributed by atoms with Crippen molar-refractivity contribution in [2.45, 2.75) is 73.3 Å². The minimum absolute atomic E-state index is 0.168. The smallest absolute Gasteiger partial charge is 0.313 e. The second kappa shape index (κ2) is 7.09. The fourth-order valence-electron chi connectivity index (χ4n) is 2.71. The van der Waals surface area contributed by atoms with E-state index in [-0.39, 0.29) is 24.2 Å². The number of carboxylic acids is 1. The van der Waals surface area contributed by atoms with Crippen molar-refractivity contribution < 1.29 is 19.4 Å². The highest BCUT2D eigenvalue weighted by atomic mass is 16.6. The molecule has 4 nitrogen and oxygen atoms in total. The molecule has 0 aromatic carbocycles. The quantitative estimate of drug-likeness (QED) is 0.721. The number of carbonyl (C=O) groups excluding carboxylic acids is 1. The zero-order valence-electron chi connectivity index (χ0n) is 13.9. The van der Waals surface area contributed by atoms with Crippen molar-refractivity contribution in [1.29, 1.82) is 0 Å². The molecule has 0 rings (SSSR count). The van der Waals surface area contributed by atoms with Crippen molar-refractivity contribution in [1.82, 2.24) is 0 Å². The number of esters is 1. The van der Waals surface area contributed by atoms with Crippen molar-refractivity contribution in [3.05, 3.63) is 0 Å². The molecule has 118 valence electrons. The van der Waals surface area contributed by atoms with Gasteiger partial charge in [-0.1, -0.05) is 27.7 Å². The van der Waals surface area contributed by atoms with Crippen LogP contribution in [0, 0.1) is 17.3 Å². The first-order valence-electron chi connectivity index (χ1n) is 7.33. The molecule has 0 saturated heterocycles. The molecule has 1 N–H and O–H groups in total. The lowest BCUT2D eigenvalue weighted by atomic mass is 9.72. The van der Waals surface area contributed by atoms with Gasteiger partial charge in [-0.2, -0.15) is 0 Å². The molecule has 0 bridgehead atoms. The molecule has 0 aromatic rings. The first kappa shape index (κ1) is 18.9. The minimum Gasteiger partial charge on any atom is -0.481 e. The molecule has 0 radical (unpaired) electrons. The first-order valence-corrected chi connectivity index (χ1v) is 7.33. The maximum absolute atomic E-state index is 12.6. The summed E-state index contributed by atoms with van der Waals surface area (Å²) in [5, 5.41) is 9.21. The molecule has 0 atom stereocenters. The standard InChI is InChI=1S/C16H30O4/c1-11(2)8-16(9-12(3)4,10-13(17)18)14(19)20-15(5,6)7/h11-12H,8-10H2,1-7H3,(H,17,18). The Bertz CT molecular complexity index is 327. The molecule has 0 aliphatic rings. The Morgan fingerprint density at radius 3 is 1.65 bits per heavy atom. The summed E-state index contributed by atoms with van der Waals surface area (Å²) in [7, 11) is 0. The first-order chi connectivity index (χ1) is 8.88. The van der Waals surface area contributed by atoms with Crippen molar-refractivity contribution >= 4 is 11.9 Å². The number of rotatable bonds is 7. The molecule has 0 aromatic heterocycles. The second-order valence-electron chi connectivity index (χ2n) is 7.55. The van der Waals surface area contributed by atoms with Gasteiger partial charge in [-0.05, 0) is 45.4 Å². The topological polar surface area (TPSA) is 63.6 Å². The second-order valence-corrected chi connectivity index (χ2v) is 7.55. The maximum atomic E-state index is 12.6. The SMILES string of the molecule is CC(C)CC(CC(=O)O)(CC(C)C)C(=O)OC(C)(C)C. The average Bonchev–Trinajstić information content (AvgIpc) is 2.10. The summed E-state index contributed by atoms with van der Waals surface area (Å²) in [6.45, 7) is 13.4. The Morgan fingerprint density at radius 2 is 1.40 bits per heavy atom. The van der Waals surface area contributed by atoms with Crippen LogP contribution < -0.4 is 0 Å². The lowest BCUT2D eigenvalue weighted by Gasteiger charge is -2.36. The number of aliphatic carboxylic acids is 1. The third-order valence-corrected chi connectivity index (χ3v) is 2.92. The zero-order valence-corrected chi connectivity index (χ0v) is 13.9. The van der Waals surface area contributed by atoms with Gasteiger partial charge in [0.2, 0.25) is 0 Å². The van der Waals surface area contributed by atoms with E-state index in [1.54, 1.807) is 20.8 Å². The van der Waals surface area contributed by atoms with Crippen LogP contribution in [0.1, 0.15) is 67.7 Å². The van der Waals surface area contributed by atoms with Crippen molar-refractivity contribution in [3.8, 4) is 0 Å². The summed E-state index contributed by atoms with van der Waals surface area (Å²) in [6.07, 6.45) is 0.900. The van der Waals surface area contributed by atoms with Gasteiger partial charge in [0.1, 0.15) is 5.60 Å². The lowest BCUT2D eigenvalue weighted by molar-refractivity contribution is -0.174. The van der Waals surface area contributed by atoms with E-state index < -0.39 is 17.0 Å². The van der Waals surface area contributed by atoms with Crippen LogP contribution in [0.3, 0.4) is 0 Å². The van der Waals surface area contributed by atoms with E-state index >= 15 is 0 Å². The van der Waals surface area contributed by atoms with Gasteiger partial charge in [-0.25, -0.2) is 0 Å². The summed E-state index contributed by atoms with van der Waals surface area (Å²) in [5.74, 6) is -0.854. The molecule has 4 heteroatoms. The Balaban J connectivity index is 5.45. The van der Waals surface area contributed by atoms with Gasteiger partial charge in [-0.3, -0.25) is 9.59 Å². The Kier molecular flexibility index (Phi) is 6.72. The molecule has 0 amide bonds. The molecule has 0 spiro atoms. The fraction of sp³-hybridized carbons (Fsp3) is 0.875. The van der Waals surface area contributed by atoms with E-state index in [4.69, 9.17) is 4.74 Å². The molecule has 0 unspecified atom stereocenters. The van der Waals surface area contributed by atoms with E-state index in [0.717, 1.165) is 0 Å². The van der Waals surface area contributed by atoms with Crippen molar-refractivity contribution in [2.75, 3.05) is 0 Å². The van der Waals surface area contributed by atoms with Gasteiger partial charge >= 0.3 is 11.9 Å². The highest BCUT2D eigenvalue weighted by Crippen LogP contribution is 2.39. The number of hydrogen-bond acceptors (Lipinski definition) is 3. The van der Waals surface area contributed by atoms with Gasteiger partial charge in [0, 0.05) is 0 Å².